The first-order valence-electron chi connectivity index (χ1n) is 13.0. The highest BCUT2D eigenvalue weighted by Crippen LogP contribution is 2.40. The average Bonchev–Trinajstić information content (AvgIpc) is 3.44. The van der Waals surface area contributed by atoms with Gasteiger partial charge in [-0.15, -0.1) is 5.10 Å². The number of carbonyl (C=O) groups is 1. The van der Waals surface area contributed by atoms with Crippen LogP contribution in [0.4, 0.5) is 5.82 Å². The molecule has 2 aliphatic heterocycles. The standard InChI is InChI=1S/C28H28ClN7O3/c29-20-3-1-4-21(15-20)35-17-19(7-8-26(35)37)27(38)34-12-10-28(11-13-34)16-22(9-14-39-28)36-18-24(32-33-36)23-5-2-6-25(30)31-23/h1-8,15,17-18,22H,9-14,16H2,(H2,30,31). The van der Waals surface area contributed by atoms with E-state index in [-0.39, 0.29) is 23.1 Å². The van der Waals surface area contributed by atoms with Crippen molar-refractivity contribution in [2.45, 2.75) is 37.3 Å². The van der Waals surface area contributed by atoms with E-state index in [4.69, 9.17) is 22.1 Å². The van der Waals surface area contributed by atoms with Crippen molar-refractivity contribution in [3.63, 3.8) is 0 Å². The summed E-state index contributed by atoms with van der Waals surface area (Å²) < 4.78 is 9.67. The van der Waals surface area contributed by atoms with Gasteiger partial charge in [-0.2, -0.15) is 0 Å². The lowest BCUT2D eigenvalue weighted by molar-refractivity contribution is -0.122. The molecule has 0 radical (unpaired) electrons. The van der Waals surface area contributed by atoms with Crippen molar-refractivity contribution in [2.24, 2.45) is 0 Å². The zero-order chi connectivity index (χ0) is 27.0. The van der Waals surface area contributed by atoms with Gasteiger partial charge in [0.25, 0.3) is 11.5 Å². The number of amides is 1. The quantitative estimate of drug-likeness (QED) is 0.414. The summed E-state index contributed by atoms with van der Waals surface area (Å²) in [5.41, 5.74) is 7.72. The second kappa shape index (κ2) is 10.3. The number of anilines is 1. The molecule has 4 aromatic rings. The Morgan fingerprint density at radius 3 is 2.67 bits per heavy atom. The Morgan fingerprint density at radius 2 is 1.87 bits per heavy atom. The molecular weight excluding hydrogens is 518 g/mol. The van der Waals surface area contributed by atoms with Crippen molar-refractivity contribution in [3.05, 3.63) is 87.9 Å². The van der Waals surface area contributed by atoms with Crippen LogP contribution in [0.3, 0.4) is 0 Å². The topological polar surface area (TPSA) is 121 Å². The molecule has 10 nitrogen and oxygen atoms in total. The molecule has 3 aromatic heterocycles. The van der Waals surface area contributed by atoms with E-state index in [2.05, 4.69) is 15.3 Å². The van der Waals surface area contributed by atoms with Crippen LogP contribution in [0.1, 0.15) is 42.1 Å². The maximum absolute atomic E-state index is 13.4. The number of nitrogens with zero attached hydrogens (tertiary/aromatic N) is 6. The lowest BCUT2D eigenvalue weighted by Gasteiger charge is -2.46. The number of carbonyl (C=O) groups excluding carboxylic acids is 1. The molecule has 0 aliphatic carbocycles. The first-order chi connectivity index (χ1) is 18.9. The van der Waals surface area contributed by atoms with E-state index in [0.29, 0.717) is 53.2 Å². The van der Waals surface area contributed by atoms with Crippen molar-refractivity contribution < 1.29 is 9.53 Å². The molecule has 200 valence electrons. The highest BCUT2D eigenvalue weighted by atomic mass is 35.5. The normalized spacial score (nSPS) is 18.8. The largest absolute Gasteiger partial charge is 0.384 e. The minimum Gasteiger partial charge on any atom is -0.384 e. The number of likely N-dealkylation sites (tertiary alicyclic amines) is 1. The Hall–Kier alpha value is -4.02. The van der Waals surface area contributed by atoms with Crippen LogP contribution in [-0.4, -0.2) is 60.6 Å². The molecule has 2 N–H and O–H groups in total. The number of hydrogen-bond acceptors (Lipinski definition) is 7. The van der Waals surface area contributed by atoms with Gasteiger partial charge in [0.2, 0.25) is 0 Å². The van der Waals surface area contributed by atoms with Crippen LogP contribution in [0.25, 0.3) is 17.1 Å². The van der Waals surface area contributed by atoms with Crippen molar-refractivity contribution in [3.8, 4) is 17.1 Å². The fourth-order valence-corrected chi connectivity index (χ4v) is 5.67. The van der Waals surface area contributed by atoms with E-state index >= 15 is 0 Å². The van der Waals surface area contributed by atoms with E-state index in [9.17, 15) is 9.59 Å². The molecule has 11 heteroatoms. The molecule has 1 amide bonds. The summed E-state index contributed by atoms with van der Waals surface area (Å²) in [5.74, 6) is 0.333. The van der Waals surface area contributed by atoms with E-state index in [0.717, 1.165) is 25.7 Å². The van der Waals surface area contributed by atoms with Crippen LogP contribution < -0.4 is 11.3 Å². The van der Waals surface area contributed by atoms with Gasteiger partial charge < -0.3 is 15.4 Å². The molecule has 1 aromatic carbocycles. The number of halogens is 1. The number of ether oxygens (including phenoxy) is 1. The number of hydrogen-bond donors (Lipinski definition) is 1. The monoisotopic (exact) mass is 545 g/mol. The number of benzene rings is 1. The van der Waals surface area contributed by atoms with E-state index in [1.165, 1.54) is 10.6 Å². The third kappa shape index (κ3) is 5.17. The molecule has 1 atom stereocenters. The third-order valence-corrected chi connectivity index (χ3v) is 7.83. The number of rotatable bonds is 4. The molecule has 1 spiro atoms. The predicted molar refractivity (Wildman–Crippen MR) is 147 cm³/mol. The zero-order valence-electron chi connectivity index (χ0n) is 21.2. The fourth-order valence-electron chi connectivity index (χ4n) is 5.48. The minimum absolute atomic E-state index is 0.108. The fraction of sp³-hybridized carbons (Fsp3) is 0.321. The van der Waals surface area contributed by atoms with Crippen LogP contribution in [0.2, 0.25) is 5.02 Å². The van der Waals surface area contributed by atoms with E-state index in [1.807, 2.05) is 27.9 Å². The summed E-state index contributed by atoms with van der Waals surface area (Å²) in [4.78, 5) is 32.0. The van der Waals surface area contributed by atoms with Gasteiger partial charge in [-0.05, 0) is 62.1 Å². The van der Waals surface area contributed by atoms with Gasteiger partial charge in [-0.25, -0.2) is 9.67 Å². The van der Waals surface area contributed by atoms with E-state index < -0.39 is 0 Å². The predicted octanol–water partition coefficient (Wildman–Crippen LogP) is 3.75. The Balaban J connectivity index is 1.13. The van der Waals surface area contributed by atoms with Gasteiger partial charge in [0, 0.05) is 37.0 Å². The molecule has 0 saturated carbocycles. The number of aromatic nitrogens is 5. The van der Waals surface area contributed by atoms with Crippen LogP contribution in [0, 0.1) is 0 Å². The zero-order valence-corrected chi connectivity index (χ0v) is 22.0. The lowest BCUT2D eigenvalue weighted by Crippen LogP contribution is -2.51. The van der Waals surface area contributed by atoms with Crippen LogP contribution in [0.15, 0.2) is 71.8 Å². The lowest BCUT2D eigenvalue weighted by atomic mass is 9.82. The highest BCUT2D eigenvalue weighted by Gasteiger charge is 2.42. The molecule has 39 heavy (non-hydrogen) atoms. The molecule has 2 aliphatic rings. The third-order valence-electron chi connectivity index (χ3n) is 7.59. The average molecular weight is 546 g/mol. The summed E-state index contributed by atoms with van der Waals surface area (Å²) in [5, 5.41) is 9.22. The molecule has 1 unspecified atom stereocenters. The number of nitrogen functional groups attached to an aromatic ring is 1. The molecule has 6 rings (SSSR count). The Bertz CT molecular complexity index is 1580. The SMILES string of the molecule is Nc1cccc(-c2cn(C3CCOC4(CCN(C(=O)c5ccc(=O)n(-c6cccc(Cl)c6)c5)CC4)C3)nn2)n1. The number of piperidine rings is 1. The number of pyridine rings is 2. The summed E-state index contributed by atoms with van der Waals surface area (Å²) in [6.07, 6.45) is 6.58. The van der Waals surface area contributed by atoms with Gasteiger partial charge in [0.05, 0.1) is 34.8 Å². The molecule has 5 heterocycles. The van der Waals surface area contributed by atoms with E-state index in [1.54, 1.807) is 42.6 Å². The van der Waals surface area contributed by atoms with Gasteiger partial charge >= 0.3 is 0 Å². The first kappa shape index (κ1) is 25.3. The van der Waals surface area contributed by atoms with Gasteiger partial charge in [0.15, 0.2) is 0 Å². The summed E-state index contributed by atoms with van der Waals surface area (Å²) in [6.45, 7) is 1.75. The Kier molecular flexibility index (Phi) is 6.66. The second-order valence-corrected chi connectivity index (χ2v) is 10.5. The second-order valence-electron chi connectivity index (χ2n) is 10.1. The van der Waals surface area contributed by atoms with Crippen LogP contribution in [-0.2, 0) is 4.74 Å². The molecule has 0 bridgehead atoms. The van der Waals surface area contributed by atoms with Crippen LogP contribution in [0.5, 0.6) is 0 Å². The Labute approximate surface area is 230 Å². The molecule has 2 fully saturated rings. The molecular formula is C28H28ClN7O3. The summed E-state index contributed by atoms with van der Waals surface area (Å²) in [6, 6.07) is 15.6. The summed E-state index contributed by atoms with van der Waals surface area (Å²) in [7, 11) is 0. The van der Waals surface area contributed by atoms with Crippen molar-refractivity contribution in [1.29, 1.82) is 0 Å². The summed E-state index contributed by atoms with van der Waals surface area (Å²) >= 11 is 6.11. The van der Waals surface area contributed by atoms with Crippen molar-refractivity contribution in [2.75, 3.05) is 25.4 Å². The minimum atomic E-state index is -0.319. The first-order valence-corrected chi connectivity index (χ1v) is 13.3. The van der Waals surface area contributed by atoms with Gasteiger partial charge in [0.1, 0.15) is 11.5 Å². The highest BCUT2D eigenvalue weighted by molar-refractivity contribution is 6.30. The maximum Gasteiger partial charge on any atom is 0.255 e. The number of nitrogens with two attached hydrogens (primary N) is 1. The van der Waals surface area contributed by atoms with Crippen molar-refractivity contribution in [1.82, 2.24) is 29.4 Å². The van der Waals surface area contributed by atoms with Crippen LogP contribution >= 0.6 is 11.6 Å². The smallest absolute Gasteiger partial charge is 0.255 e. The van der Waals surface area contributed by atoms with Gasteiger partial charge in [-0.3, -0.25) is 14.2 Å². The molecule has 2 saturated heterocycles. The van der Waals surface area contributed by atoms with Gasteiger partial charge in [-0.1, -0.05) is 28.9 Å². The maximum atomic E-state index is 13.4. The Morgan fingerprint density at radius 1 is 1.05 bits per heavy atom. The van der Waals surface area contributed by atoms with Crippen molar-refractivity contribution >= 4 is 23.3 Å².